The Bertz CT molecular complexity index is 1670. The quantitative estimate of drug-likeness (QED) is 0.195. The monoisotopic (exact) mass is 541 g/mol. The van der Waals surface area contributed by atoms with Gasteiger partial charge in [0.2, 0.25) is 5.76 Å². The average Bonchev–Trinajstić information content (AvgIpc) is 3.26. The van der Waals surface area contributed by atoms with E-state index < -0.39 is 17.9 Å². The minimum atomic E-state index is -0.799. The fourth-order valence-electron chi connectivity index (χ4n) is 4.98. The maximum atomic E-state index is 14.0. The van der Waals surface area contributed by atoms with E-state index in [0.29, 0.717) is 45.9 Å². The number of carbonyl (C=O) groups is 2. The van der Waals surface area contributed by atoms with Crippen LogP contribution in [0.5, 0.6) is 11.5 Å². The Labute approximate surface area is 232 Å². The highest BCUT2D eigenvalue weighted by molar-refractivity contribution is 6.11. The number of methoxy groups -OCH3 is 2. The Morgan fingerprint density at radius 2 is 1.62 bits per heavy atom. The molecule has 3 aromatic carbocycles. The molecule has 0 bridgehead atoms. The molecule has 1 amide bonds. The van der Waals surface area contributed by atoms with Gasteiger partial charge in [-0.2, -0.15) is 0 Å². The molecule has 5 rings (SSSR count). The predicted molar refractivity (Wildman–Crippen MR) is 152 cm³/mol. The zero-order valence-corrected chi connectivity index (χ0v) is 23.2. The van der Waals surface area contributed by atoms with Crippen molar-refractivity contribution >= 4 is 28.5 Å². The first-order valence-electron chi connectivity index (χ1n) is 13.2. The summed E-state index contributed by atoms with van der Waals surface area (Å²) < 4.78 is 22.4. The van der Waals surface area contributed by atoms with Crippen molar-refractivity contribution in [2.45, 2.75) is 39.7 Å². The number of hydrogen-bond donors (Lipinski definition) is 0. The van der Waals surface area contributed by atoms with E-state index in [2.05, 4.69) is 0 Å². The summed E-state index contributed by atoms with van der Waals surface area (Å²) in [5.74, 6) is 0.0859. The first-order valence-corrected chi connectivity index (χ1v) is 13.2. The molecule has 0 saturated carbocycles. The average molecular weight is 542 g/mol. The third-order valence-electron chi connectivity index (χ3n) is 7.32. The summed E-state index contributed by atoms with van der Waals surface area (Å²) in [7, 11) is 3.07. The van der Waals surface area contributed by atoms with E-state index in [-0.39, 0.29) is 16.8 Å². The zero-order chi connectivity index (χ0) is 28.6. The fraction of sp³-hybridized carbons (Fsp3) is 0.281. The molecule has 1 atom stereocenters. The minimum Gasteiger partial charge on any atom is -0.493 e. The van der Waals surface area contributed by atoms with Gasteiger partial charge in [-0.1, -0.05) is 19.4 Å². The first kappa shape index (κ1) is 27.0. The molecule has 1 unspecified atom stereocenters. The van der Waals surface area contributed by atoms with Crippen molar-refractivity contribution < 1.29 is 28.2 Å². The molecule has 1 aromatic heterocycles. The van der Waals surface area contributed by atoms with Crippen LogP contribution in [-0.4, -0.2) is 32.7 Å². The smallest absolute Gasteiger partial charge is 0.338 e. The topological polar surface area (TPSA) is 95.3 Å². The van der Waals surface area contributed by atoms with Gasteiger partial charge in [0.15, 0.2) is 16.9 Å². The van der Waals surface area contributed by atoms with Gasteiger partial charge in [-0.25, -0.2) is 4.79 Å². The number of benzene rings is 3. The second-order valence-electron chi connectivity index (χ2n) is 9.84. The Morgan fingerprint density at radius 1 is 0.925 bits per heavy atom. The van der Waals surface area contributed by atoms with Crippen molar-refractivity contribution in [1.29, 1.82) is 0 Å². The van der Waals surface area contributed by atoms with Crippen molar-refractivity contribution in [2.24, 2.45) is 0 Å². The number of amides is 1. The summed E-state index contributed by atoms with van der Waals surface area (Å²) in [6.45, 7) is 6.23. The van der Waals surface area contributed by atoms with Crippen LogP contribution in [0.15, 0.2) is 63.8 Å². The van der Waals surface area contributed by atoms with Crippen LogP contribution < -0.4 is 19.8 Å². The molecule has 0 saturated heterocycles. The normalized spacial score (nSPS) is 14.4. The van der Waals surface area contributed by atoms with Crippen molar-refractivity contribution in [3.63, 3.8) is 0 Å². The SMILES string of the molecule is CCCCOC(=O)c1ccc(N2C(=O)c3oc4cc(C)c(C)cc4c(=O)c3C2c2ccc(OC)c(OC)c2)cc1. The van der Waals surface area contributed by atoms with Gasteiger partial charge in [-0.3, -0.25) is 14.5 Å². The molecule has 0 aliphatic carbocycles. The van der Waals surface area contributed by atoms with Gasteiger partial charge >= 0.3 is 5.97 Å². The highest BCUT2D eigenvalue weighted by atomic mass is 16.5. The Balaban J connectivity index is 1.67. The molecular formula is C32H31NO7. The van der Waals surface area contributed by atoms with Gasteiger partial charge in [-0.15, -0.1) is 0 Å². The minimum absolute atomic E-state index is 0.0106. The van der Waals surface area contributed by atoms with Crippen LogP contribution in [-0.2, 0) is 4.74 Å². The number of nitrogens with zero attached hydrogens (tertiary/aromatic N) is 1. The molecule has 0 radical (unpaired) electrons. The Hall–Kier alpha value is -4.59. The van der Waals surface area contributed by atoms with Gasteiger partial charge in [-0.05, 0) is 85.5 Å². The van der Waals surface area contributed by atoms with Crippen LogP contribution in [0.1, 0.15) is 69.0 Å². The molecule has 206 valence electrons. The van der Waals surface area contributed by atoms with E-state index >= 15 is 0 Å². The van der Waals surface area contributed by atoms with Crippen LogP contribution in [0.25, 0.3) is 11.0 Å². The van der Waals surface area contributed by atoms with E-state index in [0.717, 1.165) is 24.0 Å². The summed E-state index contributed by atoms with van der Waals surface area (Å²) in [6, 6.07) is 14.6. The predicted octanol–water partition coefficient (Wildman–Crippen LogP) is 6.13. The molecule has 0 spiro atoms. The molecule has 4 aromatic rings. The van der Waals surface area contributed by atoms with Crippen LogP contribution in [0.2, 0.25) is 0 Å². The lowest BCUT2D eigenvalue weighted by molar-refractivity contribution is 0.0499. The third kappa shape index (κ3) is 4.59. The van der Waals surface area contributed by atoms with Gasteiger partial charge in [0.05, 0.1) is 43.4 Å². The first-order chi connectivity index (χ1) is 19.3. The molecule has 0 N–H and O–H groups in total. The number of rotatable bonds is 8. The summed E-state index contributed by atoms with van der Waals surface area (Å²) in [5.41, 5.74) is 3.75. The van der Waals surface area contributed by atoms with E-state index in [1.54, 1.807) is 54.6 Å². The highest BCUT2D eigenvalue weighted by Gasteiger charge is 2.44. The van der Waals surface area contributed by atoms with Crippen LogP contribution >= 0.6 is 0 Å². The fourth-order valence-corrected chi connectivity index (χ4v) is 4.98. The third-order valence-corrected chi connectivity index (χ3v) is 7.32. The lowest BCUT2D eigenvalue weighted by Gasteiger charge is -2.26. The van der Waals surface area contributed by atoms with E-state index in [1.807, 2.05) is 20.8 Å². The van der Waals surface area contributed by atoms with Crippen LogP contribution in [0, 0.1) is 13.8 Å². The van der Waals surface area contributed by atoms with Crippen molar-refractivity contribution in [3.8, 4) is 11.5 Å². The summed E-state index contributed by atoms with van der Waals surface area (Å²) in [4.78, 5) is 41.9. The van der Waals surface area contributed by atoms with Gasteiger partial charge < -0.3 is 18.6 Å². The molecular weight excluding hydrogens is 510 g/mol. The molecule has 1 aliphatic rings. The van der Waals surface area contributed by atoms with Crippen molar-refractivity contribution in [3.05, 3.63) is 98.4 Å². The van der Waals surface area contributed by atoms with E-state index in [9.17, 15) is 14.4 Å². The number of aryl methyl sites for hydroxylation is 2. The molecule has 1 aliphatic heterocycles. The maximum Gasteiger partial charge on any atom is 0.338 e. The Kier molecular flexibility index (Phi) is 7.34. The second-order valence-corrected chi connectivity index (χ2v) is 9.84. The van der Waals surface area contributed by atoms with Crippen LogP contribution in [0.4, 0.5) is 5.69 Å². The summed E-state index contributed by atoms with van der Waals surface area (Å²) in [6.07, 6.45) is 1.70. The lowest BCUT2D eigenvalue weighted by Crippen LogP contribution is -2.29. The van der Waals surface area contributed by atoms with Crippen LogP contribution in [0.3, 0.4) is 0 Å². The lowest BCUT2D eigenvalue weighted by atomic mass is 9.96. The van der Waals surface area contributed by atoms with Gasteiger partial charge in [0, 0.05) is 5.69 Å². The maximum absolute atomic E-state index is 14.0. The molecule has 8 nitrogen and oxygen atoms in total. The largest absolute Gasteiger partial charge is 0.493 e. The van der Waals surface area contributed by atoms with Gasteiger partial charge in [0.1, 0.15) is 5.58 Å². The van der Waals surface area contributed by atoms with E-state index in [1.165, 1.54) is 19.1 Å². The van der Waals surface area contributed by atoms with Crippen molar-refractivity contribution in [2.75, 3.05) is 25.7 Å². The number of anilines is 1. The zero-order valence-electron chi connectivity index (χ0n) is 23.2. The van der Waals surface area contributed by atoms with E-state index in [4.69, 9.17) is 18.6 Å². The number of ether oxygens (including phenoxy) is 3. The standard InChI is InChI=1S/C32H31NO7/c1-6-7-14-39-32(36)20-8-11-22(12-9-20)33-28(21-10-13-24(37-4)26(17-21)38-5)27-29(34)23-15-18(2)19(3)16-25(23)40-30(27)31(33)35/h8-13,15-17,28H,6-7,14H2,1-5H3. The summed E-state index contributed by atoms with van der Waals surface area (Å²) in [5, 5.41) is 0.409. The highest BCUT2D eigenvalue weighted by Crippen LogP contribution is 2.43. The Morgan fingerprint density at radius 3 is 2.30 bits per heavy atom. The number of carbonyl (C=O) groups excluding carboxylic acids is 2. The van der Waals surface area contributed by atoms with Gasteiger partial charge in [0.25, 0.3) is 5.91 Å². The molecule has 40 heavy (non-hydrogen) atoms. The molecule has 8 heteroatoms. The number of hydrogen-bond acceptors (Lipinski definition) is 7. The number of fused-ring (bicyclic) bond motifs is 2. The summed E-state index contributed by atoms with van der Waals surface area (Å²) >= 11 is 0. The number of unbranched alkanes of at least 4 members (excludes halogenated alkanes) is 1. The van der Waals surface area contributed by atoms with Crippen molar-refractivity contribution in [1.82, 2.24) is 0 Å². The molecule has 2 heterocycles. The second kappa shape index (κ2) is 10.9. The molecule has 0 fully saturated rings. The number of esters is 1.